The van der Waals surface area contributed by atoms with Crippen LogP contribution >= 0.6 is 11.8 Å². The van der Waals surface area contributed by atoms with Crippen molar-refractivity contribution in [3.05, 3.63) is 42.2 Å². The molecule has 0 aliphatic carbocycles. The first-order valence-electron chi connectivity index (χ1n) is 8.94. The minimum absolute atomic E-state index is 0.00464. The quantitative estimate of drug-likeness (QED) is 0.816. The maximum atomic E-state index is 12.9. The summed E-state index contributed by atoms with van der Waals surface area (Å²) in [4.78, 5) is 19.5. The highest BCUT2D eigenvalue weighted by Gasteiger charge is 2.46. The Kier molecular flexibility index (Phi) is 4.08. The van der Waals surface area contributed by atoms with Crippen LogP contribution in [0.4, 0.5) is 0 Å². The Morgan fingerprint density at radius 2 is 1.88 bits per heavy atom. The molecule has 1 aromatic carbocycles. The number of hydrogen-bond donors (Lipinski definition) is 0. The molecule has 3 aliphatic heterocycles. The first kappa shape index (κ1) is 16.4. The molecule has 2 fully saturated rings. The highest BCUT2D eigenvalue weighted by molar-refractivity contribution is 8.00. The van der Waals surface area contributed by atoms with Gasteiger partial charge in [0.15, 0.2) is 10.9 Å². The molecule has 1 aromatic heterocycles. The van der Waals surface area contributed by atoms with Crippen molar-refractivity contribution in [2.75, 3.05) is 26.3 Å². The van der Waals surface area contributed by atoms with Crippen LogP contribution in [-0.2, 0) is 9.47 Å². The highest BCUT2D eigenvalue weighted by Crippen LogP contribution is 2.43. The van der Waals surface area contributed by atoms with Gasteiger partial charge in [0.25, 0.3) is 5.91 Å². The number of ether oxygens (including phenoxy) is 2. The van der Waals surface area contributed by atoms with Gasteiger partial charge in [0.2, 0.25) is 0 Å². The van der Waals surface area contributed by atoms with Crippen LogP contribution in [0.25, 0.3) is 0 Å². The average molecular weight is 372 g/mol. The fourth-order valence-corrected chi connectivity index (χ4v) is 5.33. The van der Waals surface area contributed by atoms with Crippen LogP contribution in [0.15, 0.2) is 41.8 Å². The van der Waals surface area contributed by atoms with Gasteiger partial charge in [0.1, 0.15) is 11.6 Å². The highest BCUT2D eigenvalue weighted by atomic mass is 32.2. The Morgan fingerprint density at radius 3 is 2.58 bits per heavy atom. The summed E-state index contributed by atoms with van der Waals surface area (Å²) in [6.07, 6.45) is 3.09. The molecule has 0 saturated carbocycles. The van der Waals surface area contributed by atoms with E-state index in [0.29, 0.717) is 18.4 Å². The lowest BCUT2D eigenvalue weighted by Gasteiger charge is -2.42. The number of piperidine rings is 1. The third-order valence-corrected chi connectivity index (χ3v) is 6.60. The fraction of sp³-hybridized carbons (Fsp3) is 0.500. The molecule has 0 radical (unpaired) electrons. The van der Waals surface area contributed by atoms with Gasteiger partial charge in [0.05, 0.1) is 19.3 Å². The average Bonchev–Trinajstić information content (AvgIpc) is 3.38. The van der Waals surface area contributed by atoms with Crippen molar-refractivity contribution in [3.8, 4) is 0 Å². The summed E-state index contributed by atoms with van der Waals surface area (Å²) in [5.74, 6) is -0.413. The zero-order valence-corrected chi connectivity index (χ0v) is 15.1. The van der Waals surface area contributed by atoms with Crippen molar-refractivity contribution < 1.29 is 14.3 Å². The largest absolute Gasteiger partial charge is 0.347 e. The van der Waals surface area contributed by atoms with E-state index in [1.807, 2.05) is 18.2 Å². The number of rotatable bonds is 3. The number of fused-ring (bicyclic) bond motifs is 1. The summed E-state index contributed by atoms with van der Waals surface area (Å²) in [6, 6.07) is 10.2. The lowest BCUT2D eigenvalue weighted by Crippen LogP contribution is -2.49. The minimum Gasteiger partial charge on any atom is -0.347 e. The summed E-state index contributed by atoms with van der Waals surface area (Å²) in [7, 11) is 0. The molecule has 0 bridgehead atoms. The van der Waals surface area contributed by atoms with Gasteiger partial charge >= 0.3 is 0 Å². The van der Waals surface area contributed by atoms with E-state index in [1.165, 1.54) is 22.8 Å². The van der Waals surface area contributed by atoms with E-state index in [2.05, 4.69) is 27.1 Å². The lowest BCUT2D eigenvalue weighted by atomic mass is 9.96. The Hall–Kier alpha value is -1.74. The third kappa shape index (κ3) is 2.68. The summed E-state index contributed by atoms with van der Waals surface area (Å²) in [5, 5.41) is 4.52. The van der Waals surface area contributed by atoms with E-state index in [-0.39, 0.29) is 17.2 Å². The molecule has 8 heteroatoms. The van der Waals surface area contributed by atoms with Crippen molar-refractivity contribution in [1.29, 1.82) is 0 Å². The van der Waals surface area contributed by atoms with Crippen LogP contribution in [0.5, 0.6) is 0 Å². The lowest BCUT2D eigenvalue weighted by molar-refractivity contribution is -0.187. The maximum Gasteiger partial charge on any atom is 0.264 e. The summed E-state index contributed by atoms with van der Waals surface area (Å²) in [6.45, 7) is 3.01. The number of hydrogen-bond acceptors (Lipinski definition) is 7. The van der Waals surface area contributed by atoms with Gasteiger partial charge in [-0.1, -0.05) is 42.1 Å². The summed E-state index contributed by atoms with van der Waals surface area (Å²) >= 11 is 1.51. The molecule has 2 aromatic rings. The van der Waals surface area contributed by atoms with E-state index in [1.54, 1.807) is 0 Å². The van der Waals surface area contributed by atoms with E-state index in [0.717, 1.165) is 31.5 Å². The Bertz CT molecular complexity index is 796. The van der Waals surface area contributed by atoms with E-state index >= 15 is 0 Å². The molecule has 7 nitrogen and oxygen atoms in total. The Balaban J connectivity index is 1.42. The molecule has 2 atom stereocenters. The Morgan fingerprint density at radius 1 is 1.15 bits per heavy atom. The number of likely N-dealkylation sites (tertiary alicyclic amines) is 1. The number of thioether (sulfide) groups is 1. The van der Waals surface area contributed by atoms with E-state index < -0.39 is 5.79 Å². The zero-order chi connectivity index (χ0) is 17.6. The molecule has 1 spiro atoms. The smallest absolute Gasteiger partial charge is 0.264 e. The number of aromatic nitrogens is 3. The number of carbonyl (C=O) groups is 1. The second kappa shape index (κ2) is 6.45. The number of benzene rings is 1. The zero-order valence-electron chi connectivity index (χ0n) is 14.3. The topological polar surface area (TPSA) is 69.5 Å². The molecule has 2 unspecified atom stereocenters. The van der Waals surface area contributed by atoms with Crippen LogP contribution in [0, 0.1) is 0 Å². The van der Waals surface area contributed by atoms with Crippen molar-refractivity contribution in [2.45, 2.75) is 35.1 Å². The molecule has 5 rings (SSSR count). The van der Waals surface area contributed by atoms with E-state index in [4.69, 9.17) is 9.47 Å². The maximum absolute atomic E-state index is 12.9. The fourth-order valence-electron chi connectivity index (χ4n) is 4.10. The van der Waals surface area contributed by atoms with Gasteiger partial charge in [-0.05, 0) is 5.56 Å². The second-order valence-corrected chi connectivity index (χ2v) is 7.94. The Labute approximate surface area is 155 Å². The van der Waals surface area contributed by atoms with Gasteiger partial charge in [-0.2, -0.15) is 9.78 Å². The van der Waals surface area contributed by atoms with Gasteiger partial charge in [-0.15, -0.1) is 0 Å². The van der Waals surface area contributed by atoms with Gasteiger partial charge in [-0.25, -0.2) is 4.98 Å². The van der Waals surface area contributed by atoms with Gasteiger partial charge < -0.3 is 9.47 Å². The summed E-state index contributed by atoms with van der Waals surface area (Å²) < 4.78 is 13.1. The molecular weight excluding hydrogens is 352 g/mol. The normalized spacial score (nSPS) is 26.3. The monoisotopic (exact) mass is 372 g/mol. The van der Waals surface area contributed by atoms with Crippen molar-refractivity contribution in [1.82, 2.24) is 19.7 Å². The minimum atomic E-state index is -0.418. The standard InChI is InChI=1S/C18H20N4O3S/c23-16-15(26-17-19-12-20-22(16)17)14(13-4-2-1-3-5-13)21-8-6-18(7-9-21)24-10-11-25-18/h1-5,12,14-15H,6-11H2. The predicted octanol–water partition coefficient (Wildman–Crippen LogP) is 1.97. The number of nitrogens with zero attached hydrogens (tertiary/aromatic N) is 4. The van der Waals surface area contributed by atoms with Crippen LogP contribution in [-0.4, -0.2) is 62.9 Å². The first-order chi connectivity index (χ1) is 12.8. The molecule has 2 saturated heterocycles. The van der Waals surface area contributed by atoms with Crippen LogP contribution in [0.3, 0.4) is 0 Å². The molecular formula is C18H20N4O3S. The molecule has 4 heterocycles. The summed E-state index contributed by atoms with van der Waals surface area (Å²) in [5.41, 5.74) is 1.15. The predicted molar refractivity (Wildman–Crippen MR) is 94.9 cm³/mol. The first-order valence-corrected chi connectivity index (χ1v) is 9.82. The van der Waals surface area contributed by atoms with Crippen LogP contribution in [0.1, 0.15) is 29.2 Å². The van der Waals surface area contributed by atoms with Crippen molar-refractivity contribution in [3.63, 3.8) is 0 Å². The molecule has 26 heavy (non-hydrogen) atoms. The molecule has 0 amide bonds. The molecule has 136 valence electrons. The van der Waals surface area contributed by atoms with Gasteiger partial charge in [-0.3, -0.25) is 9.69 Å². The van der Waals surface area contributed by atoms with E-state index in [9.17, 15) is 4.79 Å². The number of carbonyl (C=O) groups excluding carboxylic acids is 1. The third-order valence-electron chi connectivity index (χ3n) is 5.40. The van der Waals surface area contributed by atoms with Crippen molar-refractivity contribution >= 4 is 17.7 Å². The van der Waals surface area contributed by atoms with Crippen molar-refractivity contribution in [2.24, 2.45) is 0 Å². The van der Waals surface area contributed by atoms with Crippen LogP contribution in [0.2, 0.25) is 0 Å². The SMILES string of the molecule is O=C1C(C(c2ccccc2)N2CCC3(CC2)OCCO3)Sc2ncnn21. The second-order valence-electron chi connectivity index (χ2n) is 6.83. The van der Waals surface area contributed by atoms with Crippen LogP contribution < -0.4 is 0 Å². The molecule has 0 N–H and O–H groups in total. The van der Waals surface area contributed by atoms with Gasteiger partial charge in [0, 0.05) is 25.9 Å². The molecule has 3 aliphatic rings.